The van der Waals surface area contributed by atoms with E-state index in [-0.39, 0.29) is 12.0 Å². The summed E-state index contributed by atoms with van der Waals surface area (Å²) in [5.41, 5.74) is 4.60. The van der Waals surface area contributed by atoms with Gasteiger partial charge in [-0.05, 0) is 35.4 Å². The van der Waals surface area contributed by atoms with Gasteiger partial charge in [-0.15, -0.1) is 0 Å². The lowest BCUT2D eigenvalue weighted by Crippen LogP contribution is -2.47. The zero-order valence-electron chi connectivity index (χ0n) is 13.8. The molecule has 0 aromatic heterocycles. The van der Waals surface area contributed by atoms with E-state index in [1.807, 2.05) is 0 Å². The van der Waals surface area contributed by atoms with Crippen LogP contribution in [0.3, 0.4) is 0 Å². The average Bonchev–Trinajstić information content (AvgIpc) is 2.59. The van der Waals surface area contributed by atoms with Gasteiger partial charge in [0.1, 0.15) is 11.9 Å². The zero-order valence-corrected chi connectivity index (χ0v) is 13.8. The second-order valence-electron chi connectivity index (χ2n) is 5.82. The van der Waals surface area contributed by atoms with Crippen molar-refractivity contribution in [3.05, 3.63) is 71.0 Å². The smallest absolute Gasteiger partial charge is 0.378 e. The molecule has 0 aliphatic rings. The minimum atomic E-state index is -4.55. The molecule has 2 amide bonds. The summed E-state index contributed by atoms with van der Waals surface area (Å²) in [5, 5.41) is 12.2. The van der Waals surface area contributed by atoms with Gasteiger partial charge in [0.25, 0.3) is 5.91 Å². The van der Waals surface area contributed by atoms with Gasteiger partial charge in [0, 0.05) is 6.42 Å². The van der Waals surface area contributed by atoms with Crippen molar-refractivity contribution in [2.75, 3.05) is 0 Å². The molecule has 4 N–H and O–H groups in total. The zero-order chi connectivity index (χ0) is 20.2. The highest BCUT2D eigenvalue weighted by Crippen LogP contribution is 2.30. The first-order valence-corrected chi connectivity index (χ1v) is 7.77. The van der Waals surface area contributed by atoms with Gasteiger partial charge >= 0.3 is 6.18 Å². The number of nitrogens with one attached hydrogen (secondary N) is 1. The van der Waals surface area contributed by atoms with Gasteiger partial charge in [-0.3, -0.25) is 9.59 Å². The van der Waals surface area contributed by atoms with Gasteiger partial charge in [-0.25, -0.2) is 4.39 Å². The Balaban J connectivity index is 2.09. The third-order valence-electron chi connectivity index (χ3n) is 3.79. The van der Waals surface area contributed by atoms with Crippen LogP contribution in [0.5, 0.6) is 0 Å². The van der Waals surface area contributed by atoms with Gasteiger partial charge in [-0.2, -0.15) is 13.2 Å². The molecule has 5 nitrogen and oxygen atoms in total. The normalized spacial score (nSPS) is 13.7. The highest BCUT2D eigenvalue weighted by molar-refractivity contribution is 5.89. The van der Waals surface area contributed by atoms with Crippen LogP contribution in [0.1, 0.15) is 22.8 Å². The number of benzene rings is 2. The van der Waals surface area contributed by atoms with E-state index < -0.39 is 41.5 Å². The number of primary amides is 1. The molecule has 0 saturated carbocycles. The number of carbonyl (C=O) groups excluding carboxylic acids is 2. The van der Waals surface area contributed by atoms with E-state index in [1.54, 1.807) is 0 Å². The van der Waals surface area contributed by atoms with Crippen molar-refractivity contribution in [3.8, 4) is 0 Å². The molecule has 2 aromatic rings. The molecule has 0 fully saturated rings. The third kappa shape index (κ3) is 5.52. The van der Waals surface area contributed by atoms with Gasteiger partial charge in [0.2, 0.25) is 5.91 Å². The number of hydrogen-bond donors (Lipinski definition) is 3. The standard InChI is InChI=1S/C18H16F4N2O3/c19-13-3-1-2-10(8-13)9-14(16(23)26)24-17(27)15(25)11-4-6-12(7-5-11)18(20,21)22/h1-8,14-15,25H,9H2,(H2,23,26)(H,24,27)/t14-,15+/m0/s1. The summed E-state index contributed by atoms with van der Waals surface area (Å²) >= 11 is 0. The molecule has 0 spiro atoms. The Kier molecular flexibility index (Phi) is 6.17. The lowest BCUT2D eigenvalue weighted by atomic mass is 10.0. The number of carbonyl (C=O) groups is 2. The average molecular weight is 384 g/mol. The monoisotopic (exact) mass is 384 g/mol. The molecule has 0 radical (unpaired) electrons. The fourth-order valence-electron chi connectivity index (χ4n) is 2.38. The lowest BCUT2D eigenvalue weighted by molar-refractivity contribution is -0.137. The van der Waals surface area contributed by atoms with Crippen LogP contribution in [0.2, 0.25) is 0 Å². The van der Waals surface area contributed by atoms with Crippen molar-refractivity contribution < 1.29 is 32.3 Å². The molecule has 0 unspecified atom stereocenters. The summed E-state index contributed by atoms with van der Waals surface area (Å²) in [6, 6.07) is 7.44. The van der Waals surface area contributed by atoms with Crippen LogP contribution >= 0.6 is 0 Å². The molecule has 144 valence electrons. The Bertz CT molecular complexity index is 822. The Morgan fingerprint density at radius 1 is 1.11 bits per heavy atom. The van der Waals surface area contributed by atoms with Crippen molar-refractivity contribution >= 4 is 11.8 Å². The van der Waals surface area contributed by atoms with Crippen LogP contribution < -0.4 is 11.1 Å². The molecule has 2 atom stereocenters. The summed E-state index contributed by atoms with van der Waals surface area (Å²) in [6.45, 7) is 0. The first kappa shape index (κ1) is 20.4. The lowest BCUT2D eigenvalue weighted by Gasteiger charge is -2.18. The second-order valence-corrected chi connectivity index (χ2v) is 5.82. The maximum atomic E-state index is 13.2. The summed E-state index contributed by atoms with van der Waals surface area (Å²) in [7, 11) is 0. The second kappa shape index (κ2) is 8.17. The third-order valence-corrected chi connectivity index (χ3v) is 3.79. The number of hydrogen-bond acceptors (Lipinski definition) is 3. The van der Waals surface area contributed by atoms with Crippen LogP contribution in [0, 0.1) is 5.82 Å². The highest BCUT2D eigenvalue weighted by Gasteiger charge is 2.31. The van der Waals surface area contributed by atoms with Crippen molar-refractivity contribution in [3.63, 3.8) is 0 Å². The predicted molar refractivity (Wildman–Crippen MR) is 87.6 cm³/mol. The van der Waals surface area contributed by atoms with E-state index in [4.69, 9.17) is 5.73 Å². The van der Waals surface area contributed by atoms with E-state index >= 15 is 0 Å². The van der Waals surface area contributed by atoms with E-state index in [0.717, 1.165) is 30.3 Å². The molecule has 27 heavy (non-hydrogen) atoms. The number of alkyl halides is 3. The van der Waals surface area contributed by atoms with Crippen LogP contribution in [-0.2, 0) is 22.2 Å². The van der Waals surface area contributed by atoms with E-state index in [2.05, 4.69) is 5.32 Å². The first-order chi connectivity index (χ1) is 12.6. The number of aliphatic hydroxyl groups is 1. The number of aliphatic hydroxyl groups excluding tert-OH is 1. The highest BCUT2D eigenvalue weighted by atomic mass is 19.4. The fourth-order valence-corrected chi connectivity index (χ4v) is 2.38. The predicted octanol–water partition coefficient (Wildman–Crippen LogP) is 2.09. The van der Waals surface area contributed by atoms with Crippen molar-refractivity contribution in [1.82, 2.24) is 5.32 Å². The molecular weight excluding hydrogens is 368 g/mol. The minimum absolute atomic E-state index is 0.0884. The number of halogens is 4. The number of amides is 2. The molecule has 0 bridgehead atoms. The molecule has 0 saturated heterocycles. The van der Waals surface area contributed by atoms with Crippen molar-refractivity contribution in [2.45, 2.75) is 24.7 Å². The van der Waals surface area contributed by atoms with Crippen LogP contribution in [0.15, 0.2) is 48.5 Å². The van der Waals surface area contributed by atoms with E-state index in [0.29, 0.717) is 5.56 Å². The summed E-state index contributed by atoms with van der Waals surface area (Å²) in [4.78, 5) is 23.7. The molecule has 2 aromatic carbocycles. The Morgan fingerprint density at radius 3 is 2.26 bits per heavy atom. The molecule has 0 aliphatic heterocycles. The van der Waals surface area contributed by atoms with Crippen LogP contribution in [0.25, 0.3) is 0 Å². The minimum Gasteiger partial charge on any atom is -0.378 e. The van der Waals surface area contributed by atoms with Gasteiger partial charge in [0.05, 0.1) is 5.56 Å². The molecular formula is C18H16F4N2O3. The largest absolute Gasteiger partial charge is 0.416 e. The summed E-state index contributed by atoms with van der Waals surface area (Å²) < 4.78 is 50.9. The Morgan fingerprint density at radius 2 is 1.74 bits per heavy atom. The fraction of sp³-hybridized carbons (Fsp3) is 0.222. The van der Waals surface area contributed by atoms with Gasteiger partial charge in [-0.1, -0.05) is 24.3 Å². The van der Waals surface area contributed by atoms with Crippen molar-refractivity contribution in [1.29, 1.82) is 0 Å². The Labute approximate surface area is 151 Å². The Hall–Kier alpha value is -2.94. The topological polar surface area (TPSA) is 92.4 Å². The molecule has 0 heterocycles. The molecule has 0 aliphatic carbocycles. The molecule has 2 rings (SSSR count). The molecule has 9 heteroatoms. The van der Waals surface area contributed by atoms with E-state index in [9.17, 15) is 32.3 Å². The number of rotatable bonds is 6. The maximum absolute atomic E-state index is 13.2. The van der Waals surface area contributed by atoms with E-state index in [1.165, 1.54) is 18.2 Å². The summed E-state index contributed by atoms with van der Waals surface area (Å²) in [5.74, 6) is -2.46. The maximum Gasteiger partial charge on any atom is 0.416 e. The SMILES string of the molecule is NC(=O)[C@H](Cc1cccc(F)c1)NC(=O)[C@H](O)c1ccc(C(F)(F)F)cc1. The van der Waals surface area contributed by atoms with Crippen molar-refractivity contribution in [2.24, 2.45) is 5.73 Å². The van der Waals surface area contributed by atoms with Gasteiger partial charge in [0.15, 0.2) is 6.10 Å². The summed E-state index contributed by atoms with van der Waals surface area (Å²) in [6.07, 6.45) is -6.46. The van der Waals surface area contributed by atoms with Crippen LogP contribution in [0.4, 0.5) is 17.6 Å². The first-order valence-electron chi connectivity index (χ1n) is 7.77. The quantitative estimate of drug-likeness (QED) is 0.666. The van der Waals surface area contributed by atoms with Crippen LogP contribution in [-0.4, -0.2) is 23.0 Å². The number of nitrogens with two attached hydrogens (primary N) is 1. The van der Waals surface area contributed by atoms with Gasteiger partial charge < -0.3 is 16.2 Å².